The van der Waals surface area contributed by atoms with E-state index in [1.165, 1.54) is 0 Å². The van der Waals surface area contributed by atoms with Crippen molar-refractivity contribution in [2.45, 2.75) is 24.9 Å². The third-order valence-corrected chi connectivity index (χ3v) is 8.76. The number of hydrogen-bond donors (Lipinski definition) is 1. The number of ether oxygens (including phenoxy) is 5. The summed E-state index contributed by atoms with van der Waals surface area (Å²) < 4.78 is 28.5. The number of hydrogen-bond acceptors (Lipinski definition) is 7. The van der Waals surface area contributed by atoms with Crippen molar-refractivity contribution in [3.05, 3.63) is 101 Å². The van der Waals surface area contributed by atoms with Gasteiger partial charge in [0.15, 0.2) is 23.0 Å². The van der Waals surface area contributed by atoms with Crippen molar-refractivity contribution in [1.82, 2.24) is 4.90 Å². The summed E-state index contributed by atoms with van der Waals surface area (Å²) in [5, 5.41) is 3.87. The minimum Gasteiger partial charge on any atom is -0.497 e. The molecule has 0 radical (unpaired) electrons. The SMILES string of the molecule is COc1ccc2cc(C3c4cc(OC)c(OC)cc4CCN3C(=O)[C@@H](N)Cc3ccccc3)c3cc(OC)c(OC)cc3c2c1. The van der Waals surface area contributed by atoms with Gasteiger partial charge in [-0.2, -0.15) is 0 Å². The molecule has 0 saturated carbocycles. The Bertz CT molecular complexity index is 1870. The Kier molecular flexibility index (Phi) is 8.41. The molecule has 5 aromatic carbocycles. The Morgan fingerprint density at radius 3 is 2.04 bits per heavy atom. The number of carbonyl (C=O) groups excluding carboxylic acids is 1. The van der Waals surface area contributed by atoms with E-state index in [0.29, 0.717) is 42.4 Å². The molecule has 1 aliphatic rings. The van der Waals surface area contributed by atoms with E-state index in [4.69, 9.17) is 29.4 Å². The number of carbonyl (C=O) groups is 1. The van der Waals surface area contributed by atoms with Crippen LogP contribution in [0.5, 0.6) is 28.7 Å². The van der Waals surface area contributed by atoms with E-state index in [-0.39, 0.29) is 5.91 Å². The molecule has 0 saturated heterocycles. The lowest BCUT2D eigenvalue weighted by Gasteiger charge is -2.40. The summed E-state index contributed by atoms with van der Waals surface area (Å²) in [6.07, 6.45) is 1.08. The molecule has 2 atom stereocenters. The lowest BCUT2D eigenvalue weighted by molar-refractivity contribution is -0.134. The Morgan fingerprint density at radius 1 is 0.733 bits per heavy atom. The Morgan fingerprint density at radius 2 is 1.38 bits per heavy atom. The Hall–Kier alpha value is -4.95. The second-order valence-electron chi connectivity index (χ2n) is 11.2. The molecule has 6 rings (SSSR count). The third-order valence-electron chi connectivity index (χ3n) is 8.76. The summed E-state index contributed by atoms with van der Waals surface area (Å²) in [6, 6.07) is 24.9. The second-order valence-corrected chi connectivity index (χ2v) is 11.2. The van der Waals surface area contributed by atoms with Gasteiger partial charge in [-0.05, 0) is 99.1 Å². The summed E-state index contributed by atoms with van der Waals surface area (Å²) >= 11 is 0. The van der Waals surface area contributed by atoms with Crippen LogP contribution in [0, 0.1) is 0 Å². The van der Waals surface area contributed by atoms with Gasteiger partial charge in [0.1, 0.15) is 5.75 Å². The maximum Gasteiger partial charge on any atom is 0.240 e. The van der Waals surface area contributed by atoms with Crippen molar-refractivity contribution < 1.29 is 28.5 Å². The van der Waals surface area contributed by atoms with Crippen LogP contribution in [0.4, 0.5) is 0 Å². The van der Waals surface area contributed by atoms with E-state index in [2.05, 4.69) is 6.07 Å². The molecule has 1 amide bonds. The van der Waals surface area contributed by atoms with Gasteiger partial charge in [0.05, 0.1) is 47.6 Å². The molecule has 0 aromatic heterocycles. The summed E-state index contributed by atoms with van der Waals surface area (Å²) in [5.41, 5.74) is 10.7. The summed E-state index contributed by atoms with van der Waals surface area (Å²) in [7, 11) is 8.16. The molecule has 232 valence electrons. The van der Waals surface area contributed by atoms with Crippen molar-refractivity contribution in [2.24, 2.45) is 5.73 Å². The molecule has 0 aliphatic carbocycles. The predicted molar refractivity (Wildman–Crippen MR) is 176 cm³/mol. The topological polar surface area (TPSA) is 92.5 Å². The monoisotopic (exact) mass is 606 g/mol. The average Bonchev–Trinajstić information content (AvgIpc) is 3.09. The lowest BCUT2D eigenvalue weighted by Crippen LogP contribution is -2.49. The van der Waals surface area contributed by atoms with Gasteiger partial charge in [0.25, 0.3) is 0 Å². The smallest absolute Gasteiger partial charge is 0.240 e. The Balaban J connectivity index is 1.61. The molecule has 1 heterocycles. The zero-order chi connectivity index (χ0) is 31.7. The first kappa shape index (κ1) is 30.1. The number of nitrogens with two attached hydrogens (primary N) is 1. The van der Waals surface area contributed by atoms with Crippen LogP contribution in [0.2, 0.25) is 0 Å². The average molecular weight is 607 g/mol. The summed E-state index contributed by atoms with van der Waals surface area (Å²) in [4.78, 5) is 16.3. The molecule has 45 heavy (non-hydrogen) atoms. The van der Waals surface area contributed by atoms with Crippen LogP contribution in [0.1, 0.15) is 28.3 Å². The first-order valence-electron chi connectivity index (χ1n) is 14.9. The van der Waals surface area contributed by atoms with E-state index in [9.17, 15) is 4.79 Å². The maximum atomic E-state index is 14.4. The second kappa shape index (κ2) is 12.6. The predicted octanol–water partition coefficient (Wildman–Crippen LogP) is 6.08. The highest BCUT2D eigenvalue weighted by Crippen LogP contribution is 2.46. The van der Waals surface area contributed by atoms with E-state index in [1.807, 2.05) is 77.7 Å². The molecule has 8 heteroatoms. The molecule has 1 unspecified atom stereocenters. The van der Waals surface area contributed by atoms with Crippen LogP contribution in [-0.2, 0) is 17.6 Å². The number of fused-ring (bicyclic) bond motifs is 4. The number of methoxy groups -OCH3 is 5. The van der Waals surface area contributed by atoms with E-state index in [1.54, 1.807) is 35.5 Å². The fourth-order valence-corrected chi connectivity index (χ4v) is 6.52. The largest absolute Gasteiger partial charge is 0.497 e. The molecule has 0 bridgehead atoms. The minimum atomic E-state index is -0.720. The Labute approximate surface area is 263 Å². The third kappa shape index (κ3) is 5.46. The van der Waals surface area contributed by atoms with Crippen molar-refractivity contribution in [1.29, 1.82) is 0 Å². The standard InChI is InChI=1S/C37H38N2O6/c1-41-25-12-11-23-16-30(29-21-35(45-5)34(44-4)20-28(29)26(23)18-25)36-27-19-33(43-3)32(42-2)17-24(27)13-14-39(36)37(40)31(38)15-22-9-7-6-8-10-22/h6-12,16-21,31,36H,13-15,38H2,1-5H3/t31-,36?/m0/s1. The molecule has 0 fully saturated rings. The van der Waals surface area contributed by atoms with Gasteiger partial charge in [0.2, 0.25) is 5.91 Å². The van der Waals surface area contributed by atoms with Gasteiger partial charge in [-0.25, -0.2) is 0 Å². The van der Waals surface area contributed by atoms with Crippen molar-refractivity contribution in [3.63, 3.8) is 0 Å². The molecule has 1 aliphatic heterocycles. The highest BCUT2D eigenvalue weighted by atomic mass is 16.5. The van der Waals surface area contributed by atoms with Gasteiger partial charge < -0.3 is 34.3 Å². The first-order chi connectivity index (χ1) is 21.9. The van der Waals surface area contributed by atoms with Crippen LogP contribution in [0.25, 0.3) is 21.5 Å². The van der Waals surface area contributed by atoms with E-state index < -0.39 is 12.1 Å². The van der Waals surface area contributed by atoms with Gasteiger partial charge >= 0.3 is 0 Å². The van der Waals surface area contributed by atoms with Crippen LogP contribution in [0.15, 0.2) is 78.9 Å². The minimum absolute atomic E-state index is 0.118. The molecular formula is C37H38N2O6. The van der Waals surface area contributed by atoms with Crippen LogP contribution < -0.4 is 29.4 Å². The molecule has 8 nitrogen and oxygen atoms in total. The summed E-state index contributed by atoms with van der Waals surface area (Å²) in [6.45, 7) is 0.490. The molecule has 0 spiro atoms. The number of amides is 1. The first-order valence-corrected chi connectivity index (χ1v) is 14.9. The fourth-order valence-electron chi connectivity index (χ4n) is 6.52. The normalized spacial score (nSPS) is 15.0. The van der Waals surface area contributed by atoms with Crippen LogP contribution in [0.3, 0.4) is 0 Å². The van der Waals surface area contributed by atoms with Gasteiger partial charge in [0, 0.05) is 6.54 Å². The number of rotatable bonds is 9. The summed E-state index contributed by atoms with van der Waals surface area (Å²) in [5.74, 6) is 3.08. The number of nitrogens with zero attached hydrogens (tertiary/aromatic N) is 1. The molecule has 5 aromatic rings. The maximum absolute atomic E-state index is 14.4. The van der Waals surface area contributed by atoms with E-state index >= 15 is 0 Å². The zero-order valence-electron chi connectivity index (χ0n) is 26.3. The lowest BCUT2D eigenvalue weighted by atomic mass is 9.83. The highest BCUT2D eigenvalue weighted by Gasteiger charge is 2.37. The van der Waals surface area contributed by atoms with Gasteiger partial charge in [-0.15, -0.1) is 0 Å². The highest BCUT2D eigenvalue weighted by molar-refractivity contribution is 6.11. The fraction of sp³-hybridized carbons (Fsp3) is 0.270. The molecule has 2 N–H and O–H groups in total. The van der Waals surface area contributed by atoms with Crippen molar-refractivity contribution in [3.8, 4) is 28.7 Å². The zero-order valence-corrected chi connectivity index (χ0v) is 26.3. The number of benzene rings is 5. The van der Waals surface area contributed by atoms with Crippen molar-refractivity contribution in [2.75, 3.05) is 42.1 Å². The van der Waals surface area contributed by atoms with Crippen LogP contribution >= 0.6 is 0 Å². The molecular weight excluding hydrogens is 568 g/mol. The van der Waals surface area contributed by atoms with Gasteiger partial charge in [-0.3, -0.25) is 4.79 Å². The van der Waals surface area contributed by atoms with Crippen LogP contribution in [-0.4, -0.2) is 58.9 Å². The van der Waals surface area contributed by atoms with E-state index in [0.717, 1.165) is 49.5 Å². The van der Waals surface area contributed by atoms with Gasteiger partial charge in [-0.1, -0.05) is 36.4 Å². The van der Waals surface area contributed by atoms with Crippen molar-refractivity contribution >= 4 is 27.5 Å². The quantitative estimate of drug-likeness (QED) is 0.203.